The van der Waals surface area contributed by atoms with Crippen LogP contribution in [0.15, 0.2) is 43.7 Å². The molecular weight excluding hydrogens is 686 g/mol. The summed E-state index contributed by atoms with van der Waals surface area (Å²) >= 11 is 0. The fourth-order valence-electron chi connectivity index (χ4n) is 0.965. The van der Waals surface area contributed by atoms with E-state index in [0.29, 0.717) is 0 Å². The zero-order chi connectivity index (χ0) is 13.7. The third kappa shape index (κ3) is 13.1. The van der Waals surface area contributed by atoms with Gasteiger partial charge in [-0.05, 0) is 0 Å². The molecule has 0 amide bonds. The molecule has 10 N–H and O–H groups in total. The van der Waals surface area contributed by atoms with E-state index in [1.54, 1.807) is 14.1 Å². The Bertz CT molecular complexity index is 701. The van der Waals surface area contributed by atoms with Crippen molar-refractivity contribution < 1.29 is 42.1 Å². The first kappa shape index (κ1) is 38.3. The number of aryl methyl sites for hydroxylation is 2. The van der Waals surface area contributed by atoms with E-state index in [0.717, 1.165) is 0 Å². The van der Waals surface area contributed by atoms with Crippen LogP contribution in [0.25, 0.3) is 24.6 Å². The van der Waals surface area contributed by atoms with Crippen molar-refractivity contribution in [2.75, 3.05) is 0 Å². The first-order valence-corrected chi connectivity index (χ1v) is 4.92. The monoisotopic (exact) mass is 706 g/mol. The van der Waals surface area contributed by atoms with E-state index in [2.05, 4.69) is 9.97 Å². The van der Waals surface area contributed by atoms with E-state index in [9.17, 15) is 19.2 Å². The van der Waals surface area contributed by atoms with Crippen molar-refractivity contribution in [3.05, 3.63) is 90.8 Å². The zero-order valence-corrected chi connectivity index (χ0v) is 17.3. The molecule has 0 radical (unpaired) electrons. The number of aromatic nitrogens is 4. The van der Waals surface area contributed by atoms with Crippen LogP contribution in [0.5, 0.6) is 0 Å². The molecule has 0 fully saturated rings. The standard InChI is InChI=1S/2C5H6N2O2.4H2N.2Pt/c2*1-7-3-2-4(8)6-5(7)9;;;;;;/h2*2-3H,1H3,(H,6,8,9);4*1H2;;/q;;4*-1;2*+2. The summed E-state index contributed by atoms with van der Waals surface area (Å²) in [6.07, 6.45) is 2.84. The number of hydrogen-bond donors (Lipinski definition) is 2. The summed E-state index contributed by atoms with van der Waals surface area (Å²) < 4.78 is 2.59. The Morgan fingerprint density at radius 3 is 1.08 bits per heavy atom. The molecule has 12 nitrogen and oxygen atoms in total. The van der Waals surface area contributed by atoms with Crippen molar-refractivity contribution in [2.24, 2.45) is 14.1 Å². The minimum absolute atomic E-state index is 0. The van der Waals surface area contributed by atoms with Crippen LogP contribution < -0.4 is 22.5 Å². The van der Waals surface area contributed by atoms with Crippen LogP contribution in [0, 0.1) is 0 Å². The number of aromatic amines is 2. The second kappa shape index (κ2) is 17.9. The molecule has 0 spiro atoms. The van der Waals surface area contributed by atoms with E-state index in [-0.39, 0.29) is 89.2 Å². The maximum Gasteiger partial charge on any atom is 2.00 e. The topological polar surface area (TPSA) is 244 Å². The predicted octanol–water partition coefficient (Wildman–Crippen LogP) is 1.01. The normalized spacial score (nSPS) is 7.08. The minimum atomic E-state index is -0.387. The second-order valence-corrected chi connectivity index (χ2v) is 3.44. The molecule has 144 valence electrons. The fourth-order valence-corrected chi connectivity index (χ4v) is 0.965. The Morgan fingerprint density at radius 2 is 0.917 bits per heavy atom. The average Bonchev–Trinajstić information content (AvgIpc) is 2.30. The first-order valence-electron chi connectivity index (χ1n) is 4.92. The fraction of sp³-hybridized carbons (Fsp3) is 0.200. The van der Waals surface area contributed by atoms with Gasteiger partial charge in [-0.3, -0.25) is 19.6 Å². The summed E-state index contributed by atoms with van der Waals surface area (Å²) in [5, 5.41) is 0. The van der Waals surface area contributed by atoms with Crippen LogP contribution in [0.3, 0.4) is 0 Å². The molecule has 0 aromatic carbocycles. The van der Waals surface area contributed by atoms with Gasteiger partial charge in [-0.15, -0.1) is 0 Å². The quantitative estimate of drug-likeness (QED) is 0.407. The van der Waals surface area contributed by atoms with Gasteiger partial charge in [0.05, 0.1) is 0 Å². The minimum Gasteiger partial charge on any atom is -0.693 e. The number of nitrogens with zero attached hydrogens (tertiary/aromatic N) is 2. The Labute approximate surface area is 165 Å². The molecule has 0 aliphatic rings. The number of H-pyrrole nitrogens is 2. The summed E-state index contributed by atoms with van der Waals surface area (Å²) in [4.78, 5) is 46.0. The van der Waals surface area contributed by atoms with Gasteiger partial charge in [-0.2, -0.15) is 0 Å². The van der Waals surface area contributed by atoms with Gasteiger partial charge in [0, 0.05) is 38.6 Å². The number of rotatable bonds is 0. The van der Waals surface area contributed by atoms with Crippen LogP contribution in [0.1, 0.15) is 0 Å². The molecule has 0 aliphatic heterocycles. The van der Waals surface area contributed by atoms with E-state index < -0.39 is 0 Å². The first-order chi connectivity index (χ1) is 8.40. The van der Waals surface area contributed by atoms with E-state index in [1.807, 2.05) is 0 Å². The summed E-state index contributed by atoms with van der Waals surface area (Å²) in [6.45, 7) is 0. The Balaban J connectivity index is -0.0000000540. The van der Waals surface area contributed by atoms with Gasteiger partial charge in [-0.25, -0.2) is 9.59 Å². The summed E-state index contributed by atoms with van der Waals surface area (Å²) in [7, 11) is 3.14. The van der Waals surface area contributed by atoms with Crippen molar-refractivity contribution in [2.45, 2.75) is 0 Å². The van der Waals surface area contributed by atoms with Gasteiger partial charge < -0.3 is 33.7 Å². The van der Waals surface area contributed by atoms with Gasteiger partial charge in [0.15, 0.2) is 0 Å². The summed E-state index contributed by atoms with van der Waals surface area (Å²) in [5.74, 6) is 0. The third-order valence-electron chi connectivity index (χ3n) is 2.00. The van der Waals surface area contributed by atoms with E-state index in [1.165, 1.54) is 33.7 Å². The molecule has 0 saturated heterocycles. The molecular formula is C10H20N8O4Pt2. The third-order valence-corrected chi connectivity index (χ3v) is 2.00. The van der Waals surface area contributed by atoms with E-state index >= 15 is 0 Å². The molecule has 14 heteroatoms. The maximum atomic E-state index is 10.5. The zero-order valence-electron chi connectivity index (χ0n) is 12.8. The van der Waals surface area contributed by atoms with Crippen LogP contribution >= 0.6 is 0 Å². The van der Waals surface area contributed by atoms with Crippen molar-refractivity contribution in [1.29, 1.82) is 0 Å². The molecule has 2 heterocycles. The Morgan fingerprint density at radius 1 is 0.667 bits per heavy atom. The molecule has 0 saturated carbocycles. The average molecular weight is 706 g/mol. The van der Waals surface area contributed by atoms with Crippen molar-refractivity contribution >= 4 is 0 Å². The van der Waals surface area contributed by atoms with Crippen LogP contribution in [-0.4, -0.2) is 19.1 Å². The maximum absolute atomic E-state index is 10.5. The SMILES string of the molecule is Cn1ccc(=O)[nH]c1=O.Cn1ccc(=O)[nH]c1=O.[NH2-].[NH2-].[NH2-].[NH2-].[Pt+2].[Pt+2]. The van der Waals surface area contributed by atoms with Gasteiger partial charge in [0.25, 0.3) is 11.1 Å². The molecule has 0 bridgehead atoms. The van der Waals surface area contributed by atoms with Gasteiger partial charge in [0.1, 0.15) is 0 Å². The van der Waals surface area contributed by atoms with Crippen molar-refractivity contribution in [3.8, 4) is 0 Å². The van der Waals surface area contributed by atoms with E-state index in [4.69, 9.17) is 0 Å². The van der Waals surface area contributed by atoms with Crippen LogP contribution in [0.2, 0.25) is 0 Å². The molecule has 2 aromatic rings. The Hall–Kier alpha value is -1.42. The Kier molecular flexibility index (Phi) is 28.6. The smallest absolute Gasteiger partial charge is 0.693 e. The van der Waals surface area contributed by atoms with Crippen molar-refractivity contribution in [1.82, 2.24) is 19.1 Å². The number of hydrogen-bond acceptors (Lipinski definition) is 4. The molecule has 0 unspecified atom stereocenters. The van der Waals surface area contributed by atoms with Gasteiger partial charge in [-0.1, -0.05) is 0 Å². The number of nitrogens with one attached hydrogen (secondary N) is 2. The molecule has 24 heavy (non-hydrogen) atoms. The van der Waals surface area contributed by atoms with Crippen LogP contribution in [0.4, 0.5) is 0 Å². The molecule has 0 aliphatic carbocycles. The predicted molar refractivity (Wildman–Crippen MR) is 85.7 cm³/mol. The van der Waals surface area contributed by atoms with Crippen molar-refractivity contribution in [3.63, 3.8) is 0 Å². The molecule has 2 aromatic heterocycles. The molecule has 2 rings (SSSR count). The van der Waals surface area contributed by atoms with Gasteiger partial charge in [0.2, 0.25) is 0 Å². The summed E-state index contributed by atoms with van der Waals surface area (Å²) in [6, 6.07) is 2.59. The summed E-state index contributed by atoms with van der Waals surface area (Å²) in [5.41, 5.74) is -1.50. The largest absolute Gasteiger partial charge is 2.00 e. The molecule has 0 atom stereocenters. The van der Waals surface area contributed by atoms with Gasteiger partial charge >= 0.3 is 53.5 Å². The number of nitrogens with two attached hydrogens (primary N) is 4. The van der Waals surface area contributed by atoms with Crippen LogP contribution in [-0.2, 0) is 56.2 Å². The second-order valence-electron chi connectivity index (χ2n) is 3.44.